The van der Waals surface area contributed by atoms with Crippen LogP contribution in [0.2, 0.25) is 5.02 Å². The number of hydrogen-bond acceptors (Lipinski definition) is 4. The smallest absolute Gasteiger partial charge is 0.200 e. The molecule has 1 aromatic heterocycles. The Hall–Kier alpha value is -3.31. The van der Waals surface area contributed by atoms with Crippen LogP contribution in [0.15, 0.2) is 69.9 Å². The SMILES string of the molecule is COc1ccc(-c2c(C)oc3cc(OCc4c(F)cccc4Cl)ccc3c2=O)cc1. The Morgan fingerprint density at radius 1 is 1.03 bits per heavy atom. The molecule has 4 aromatic rings. The third kappa shape index (κ3) is 3.76. The first kappa shape index (κ1) is 20.0. The maximum atomic E-state index is 13.9. The maximum absolute atomic E-state index is 13.9. The third-order valence-electron chi connectivity index (χ3n) is 4.86. The van der Waals surface area contributed by atoms with Crippen LogP contribution in [0.3, 0.4) is 0 Å². The van der Waals surface area contributed by atoms with Gasteiger partial charge in [0.2, 0.25) is 5.43 Å². The largest absolute Gasteiger partial charge is 0.497 e. The van der Waals surface area contributed by atoms with E-state index in [-0.39, 0.29) is 17.6 Å². The van der Waals surface area contributed by atoms with Crippen molar-refractivity contribution in [1.29, 1.82) is 0 Å². The molecule has 0 amide bonds. The summed E-state index contributed by atoms with van der Waals surface area (Å²) in [6.07, 6.45) is 0. The Labute approximate surface area is 177 Å². The number of fused-ring (bicyclic) bond motifs is 1. The first-order chi connectivity index (χ1) is 14.5. The Kier molecular flexibility index (Phi) is 5.46. The third-order valence-corrected chi connectivity index (χ3v) is 5.22. The van der Waals surface area contributed by atoms with Gasteiger partial charge in [-0.05, 0) is 48.9 Å². The fourth-order valence-electron chi connectivity index (χ4n) is 3.29. The molecule has 0 spiro atoms. The minimum absolute atomic E-state index is 0.0375. The molecule has 152 valence electrons. The van der Waals surface area contributed by atoms with E-state index in [0.29, 0.717) is 38.8 Å². The number of aryl methyl sites for hydroxylation is 1. The molecule has 1 heterocycles. The summed E-state index contributed by atoms with van der Waals surface area (Å²) in [6.45, 7) is 1.71. The van der Waals surface area contributed by atoms with Gasteiger partial charge in [0.15, 0.2) is 0 Å². The molecule has 0 fully saturated rings. The molecule has 6 heteroatoms. The fourth-order valence-corrected chi connectivity index (χ4v) is 3.51. The van der Waals surface area contributed by atoms with E-state index >= 15 is 0 Å². The van der Waals surface area contributed by atoms with Crippen LogP contribution >= 0.6 is 11.6 Å². The van der Waals surface area contributed by atoms with Crippen LogP contribution in [-0.4, -0.2) is 7.11 Å². The van der Waals surface area contributed by atoms with Crippen molar-refractivity contribution in [3.63, 3.8) is 0 Å². The van der Waals surface area contributed by atoms with Gasteiger partial charge in [-0.25, -0.2) is 4.39 Å². The van der Waals surface area contributed by atoms with Gasteiger partial charge in [-0.3, -0.25) is 4.79 Å². The molecule has 3 aromatic carbocycles. The van der Waals surface area contributed by atoms with E-state index in [1.807, 2.05) is 12.1 Å². The number of benzene rings is 3. The second-order valence-corrected chi connectivity index (χ2v) is 7.14. The van der Waals surface area contributed by atoms with Crippen LogP contribution in [0, 0.1) is 12.7 Å². The molecule has 0 unspecified atom stereocenters. The van der Waals surface area contributed by atoms with E-state index in [2.05, 4.69) is 0 Å². The van der Waals surface area contributed by atoms with E-state index in [0.717, 1.165) is 5.56 Å². The molecule has 4 nitrogen and oxygen atoms in total. The van der Waals surface area contributed by atoms with Gasteiger partial charge < -0.3 is 13.9 Å². The first-order valence-electron chi connectivity index (χ1n) is 9.25. The highest BCUT2D eigenvalue weighted by atomic mass is 35.5. The monoisotopic (exact) mass is 424 g/mol. The lowest BCUT2D eigenvalue weighted by Gasteiger charge is -2.11. The highest BCUT2D eigenvalue weighted by molar-refractivity contribution is 6.31. The summed E-state index contributed by atoms with van der Waals surface area (Å²) < 4.78 is 30.7. The maximum Gasteiger partial charge on any atom is 0.200 e. The van der Waals surface area contributed by atoms with Crippen LogP contribution in [0.5, 0.6) is 11.5 Å². The van der Waals surface area contributed by atoms with Crippen LogP contribution in [0.1, 0.15) is 11.3 Å². The van der Waals surface area contributed by atoms with E-state index < -0.39 is 5.82 Å². The molecule has 0 aliphatic heterocycles. The van der Waals surface area contributed by atoms with Crippen molar-refractivity contribution >= 4 is 22.6 Å². The molecule has 0 aliphatic carbocycles. The summed E-state index contributed by atoms with van der Waals surface area (Å²) in [5.74, 6) is 1.21. The highest BCUT2D eigenvalue weighted by Crippen LogP contribution is 2.28. The zero-order valence-corrected chi connectivity index (χ0v) is 17.1. The molecule has 0 saturated carbocycles. The Morgan fingerprint density at radius 3 is 2.47 bits per heavy atom. The predicted molar refractivity (Wildman–Crippen MR) is 115 cm³/mol. The van der Waals surface area contributed by atoms with E-state index in [1.165, 1.54) is 12.1 Å². The molecule has 30 heavy (non-hydrogen) atoms. The number of rotatable bonds is 5. The van der Waals surface area contributed by atoms with Gasteiger partial charge in [-0.2, -0.15) is 0 Å². The van der Waals surface area contributed by atoms with E-state index in [1.54, 1.807) is 50.4 Å². The zero-order chi connectivity index (χ0) is 21.3. The minimum atomic E-state index is -0.435. The van der Waals surface area contributed by atoms with Gasteiger partial charge >= 0.3 is 0 Å². The molecule has 0 aliphatic rings. The van der Waals surface area contributed by atoms with Crippen molar-refractivity contribution in [2.75, 3.05) is 7.11 Å². The quantitative estimate of drug-likeness (QED) is 0.385. The number of ether oxygens (including phenoxy) is 2. The lowest BCUT2D eigenvalue weighted by Crippen LogP contribution is -2.07. The van der Waals surface area contributed by atoms with Gasteiger partial charge in [0, 0.05) is 11.6 Å². The van der Waals surface area contributed by atoms with Crippen LogP contribution in [0.25, 0.3) is 22.1 Å². The van der Waals surface area contributed by atoms with Crippen LogP contribution < -0.4 is 14.9 Å². The molecule has 0 saturated heterocycles. The lowest BCUT2D eigenvalue weighted by molar-refractivity contribution is 0.300. The van der Waals surface area contributed by atoms with Crippen molar-refractivity contribution in [1.82, 2.24) is 0 Å². The number of halogens is 2. The van der Waals surface area contributed by atoms with Crippen molar-refractivity contribution in [2.45, 2.75) is 13.5 Å². The average Bonchev–Trinajstić information content (AvgIpc) is 2.73. The summed E-state index contributed by atoms with van der Waals surface area (Å²) in [5, 5.41) is 0.727. The molecule has 0 bridgehead atoms. The van der Waals surface area contributed by atoms with Gasteiger partial charge in [-0.15, -0.1) is 0 Å². The summed E-state index contributed by atoms with van der Waals surface area (Å²) in [6, 6.07) is 16.6. The van der Waals surface area contributed by atoms with Gasteiger partial charge in [0.1, 0.15) is 35.3 Å². The first-order valence-corrected chi connectivity index (χ1v) is 9.63. The number of methoxy groups -OCH3 is 1. The van der Waals surface area contributed by atoms with Crippen molar-refractivity contribution < 1.29 is 18.3 Å². The summed E-state index contributed by atoms with van der Waals surface area (Å²) >= 11 is 6.04. The van der Waals surface area contributed by atoms with Crippen molar-refractivity contribution in [2.24, 2.45) is 0 Å². The molecule has 0 radical (unpaired) electrons. The fraction of sp³-hybridized carbons (Fsp3) is 0.125. The minimum Gasteiger partial charge on any atom is -0.497 e. The molecular formula is C24H18ClFO4. The average molecular weight is 425 g/mol. The molecule has 0 N–H and O–H groups in total. The van der Waals surface area contributed by atoms with Gasteiger partial charge in [0.25, 0.3) is 0 Å². The van der Waals surface area contributed by atoms with E-state index in [4.69, 9.17) is 25.5 Å². The topological polar surface area (TPSA) is 48.7 Å². The van der Waals surface area contributed by atoms with E-state index in [9.17, 15) is 9.18 Å². The second kappa shape index (κ2) is 8.20. The Balaban J connectivity index is 1.68. The zero-order valence-electron chi connectivity index (χ0n) is 16.4. The molecule has 0 atom stereocenters. The van der Waals surface area contributed by atoms with Crippen molar-refractivity contribution in [3.8, 4) is 22.6 Å². The Morgan fingerprint density at radius 2 is 1.77 bits per heavy atom. The summed E-state index contributed by atoms with van der Waals surface area (Å²) in [5.41, 5.74) is 1.77. The lowest BCUT2D eigenvalue weighted by atomic mass is 10.0. The highest BCUT2D eigenvalue weighted by Gasteiger charge is 2.15. The van der Waals surface area contributed by atoms with Crippen LogP contribution in [0.4, 0.5) is 4.39 Å². The second-order valence-electron chi connectivity index (χ2n) is 6.74. The standard InChI is InChI=1S/C24H18ClFO4/c1-14-23(15-6-8-16(28-2)9-7-15)24(27)18-11-10-17(12-22(18)30-14)29-13-19-20(25)4-3-5-21(19)26/h3-12H,13H2,1-2H3. The Bertz CT molecular complexity index is 1260. The molecule has 4 rings (SSSR count). The van der Waals surface area contributed by atoms with Gasteiger partial charge in [-0.1, -0.05) is 29.8 Å². The summed E-state index contributed by atoms with van der Waals surface area (Å²) in [7, 11) is 1.59. The normalized spacial score (nSPS) is 10.9. The van der Waals surface area contributed by atoms with Gasteiger partial charge in [0.05, 0.1) is 23.1 Å². The van der Waals surface area contributed by atoms with Crippen molar-refractivity contribution in [3.05, 3.63) is 93.1 Å². The number of hydrogen-bond donors (Lipinski definition) is 0. The summed E-state index contributed by atoms with van der Waals surface area (Å²) in [4.78, 5) is 13.1. The van der Waals surface area contributed by atoms with Crippen LogP contribution in [-0.2, 0) is 6.61 Å². The molecular weight excluding hydrogens is 407 g/mol. The predicted octanol–water partition coefficient (Wildman–Crippen LogP) is 6.15.